The summed E-state index contributed by atoms with van der Waals surface area (Å²) in [5.74, 6) is -0.287. The lowest BCUT2D eigenvalue weighted by Gasteiger charge is -2.60. The molecule has 2 aliphatic heterocycles. The molecule has 3 aromatic rings. The first-order valence-electron chi connectivity index (χ1n) is 26.9. The molecule has 6 atom stereocenters. The SMILES string of the molecule is C=CCOC12Oc3ccc(OCc4ccccc4F)cc3C3C(CCCCO)C(CCCCO)C=C(C(=NOC(C)(C)C)CC1N(Cc1ccc4c(c1)OCO4)C(=O)OCCCCCCCCCCCC)C32. The van der Waals surface area contributed by atoms with Crippen molar-refractivity contribution in [3.05, 3.63) is 107 Å². The van der Waals surface area contributed by atoms with Crippen LogP contribution in [0.1, 0.15) is 159 Å². The van der Waals surface area contributed by atoms with Gasteiger partial charge in [0, 0.05) is 43.2 Å². The fourth-order valence-electron chi connectivity index (χ4n) is 11.1. The molecule has 394 valence electrons. The predicted octanol–water partition coefficient (Wildman–Crippen LogP) is 13.1. The number of unbranched alkanes of at least 4 members (excludes halogenated alkanes) is 11. The first-order chi connectivity index (χ1) is 35.0. The highest BCUT2D eigenvalue weighted by Gasteiger charge is 2.66. The molecule has 0 saturated heterocycles. The van der Waals surface area contributed by atoms with Crippen LogP contribution in [-0.4, -0.2) is 77.6 Å². The van der Waals surface area contributed by atoms with Crippen molar-refractivity contribution in [1.29, 1.82) is 0 Å². The Hall–Kier alpha value is -5.11. The molecule has 1 fully saturated rings. The van der Waals surface area contributed by atoms with E-state index in [1.165, 1.54) is 51.0 Å². The molecule has 13 heteroatoms. The summed E-state index contributed by atoms with van der Waals surface area (Å²) in [6.45, 7) is 13.0. The summed E-state index contributed by atoms with van der Waals surface area (Å²) in [4.78, 5) is 23.3. The van der Waals surface area contributed by atoms with Crippen molar-refractivity contribution in [2.24, 2.45) is 22.9 Å². The standard InChI is InChI=1S/C59H81FN2O10/c1-6-8-9-10-11-12-13-14-15-22-34-66-57(65)62(39-42-27-29-52-53(35-42)69-41-68-52)54-38-50(61-72-58(3,4)5)47-36-43(23-18-20-31-63)46(25-19-21-32-64)55-48-37-45(67-40-44-24-16-17-26-49(44)60)28-30-51(48)71-59(54,56(47)55)70-33-7-2/h7,16-17,24,26-30,35-37,43,46,54-56,63-64H,2,6,8-15,18-23,25,31-34,38-41H2,1,3-5H3. The molecule has 0 radical (unpaired) electrons. The molecule has 12 nitrogen and oxygen atoms in total. The number of oxime groups is 1. The second-order valence-corrected chi connectivity index (χ2v) is 21.0. The number of amides is 1. The summed E-state index contributed by atoms with van der Waals surface area (Å²) in [5.41, 5.74) is 3.10. The second kappa shape index (κ2) is 26.7. The average molecular weight is 997 g/mol. The zero-order valence-electron chi connectivity index (χ0n) is 43.4. The van der Waals surface area contributed by atoms with Gasteiger partial charge in [0.05, 0.1) is 24.8 Å². The van der Waals surface area contributed by atoms with Crippen LogP contribution < -0.4 is 18.9 Å². The third-order valence-corrected chi connectivity index (χ3v) is 14.6. The largest absolute Gasteiger partial charge is 0.489 e. The minimum absolute atomic E-state index is 0.00527. The number of nitrogens with zero attached hydrogens (tertiary/aromatic N) is 2. The van der Waals surface area contributed by atoms with Gasteiger partial charge in [-0.05, 0) is 112 Å². The molecule has 1 saturated carbocycles. The Labute approximate surface area is 427 Å². The van der Waals surface area contributed by atoms with Crippen LogP contribution in [0.5, 0.6) is 23.0 Å². The Morgan fingerprint density at radius 2 is 1.58 bits per heavy atom. The predicted molar refractivity (Wildman–Crippen MR) is 278 cm³/mol. The quantitative estimate of drug-likeness (QED) is 0.0393. The van der Waals surface area contributed by atoms with Gasteiger partial charge in [0.2, 0.25) is 12.6 Å². The fraction of sp³-hybridized carbons (Fsp3) is 0.593. The lowest BCUT2D eigenvalue weighted by atomic mass is 9.55. The van der Waals surface area contributed by atoms with E-state index in [4.69, 9.17) is 38.4 Å². The number of rotatable bonds is 29. The van der Waals surface area contributed by atoms with Gasteiger partial charge >= 0.3 is 6.09 Å². The molecule has 2 heterocycles. The number of hydrogen-bond donors (Lipinski definition) is 2. The zero-order valence-corrected chi connectivity index (χ0v) is 43.4. The number of halogens is 1. The molecule has 0 aromatic heterocycles. The Balaban J connectivity index is 1.33. The number of hydrogen-bond acceptors (Lipinski definition) is 11. The van der Waals surface area contributed by atoms with Crippen molar-refractivity contribution < 1.29 is 52.7 Å². The van der Waals surface area contributed by atoms with Gasteiger partial charge in [0.25, 0.3) is 0 Å². The number of carbonyl (C=O) groups excluding carboxylic acids is 1. The van der Waals surface area contributed by atoms with Crippen LogP contribution >= 0.6 is 0 Å². The van der Waals surface area contributed by atoms with Gasteiger partial charge in [0.15, 0.2) is 11.5 Å². The van der Waals surface area contributed by atoms with Gasteiger partial charge < -0.3 is 43.5 Å². The third-order valence-electron chi connectivity index (χ3n) is 14.6. The fourth-order valence-corrected chi connectivity index (χ4v) is 11.1. The molecule has 72 heavy (non-hydrogen) atoms. The summed E-state index contributed by atoms with van der Waals surface area (Å²) in [5, 5.41) is 25.1. The van der Waals surface area contributed by atoms with E-state index in [-0.39, 0.29) is 76.4 Å². The summed E-state index contributed by atoms with van der Waals surface area (Å²) < 4.78 is 53.8. The minimum Gasteiger partial charge on any atom is -0.489 e. The number of allylic oxidation sites excluding steroid dienone is 1. The maximum Gasteiger partial charge on any atom is 0.410 e. The monoisotopic (exact) mass is 997 g/mol. The lowest BCUT2D eigenvalue weighted by molar-refractivity contribution is -0.256. The molecule has 0 bridgehead atoms. The van der Waals surface area contributed by atoms with E-state index >= 15 is 4.79 Å². The molecule has 6 unspecified atom stereocenters. The van der Waals surface area contributed by atoms with E-state index in [0.717, 1.165) is 61.6 Å². The highest BCUT2D eigenvalue weighted by molar-refractivity contribution is 6.03. The number of fused-ring (bicyclic) bond motifs is 3. The first-order valence-corrected chi connectivity index (χ1v) is 26.9. The van der Waals surface area contributed by atoms with Crippen LogP contribution in [0.2, 0.25) is 0 Å². The van der Waals surface area contributed by atoms with Crippen molar-refractivity contribution in [1.82, 2.24) is 4.90 Å². The van der Waals surface area contributed by atoms with E-state index in [2.05, 4.69) is 19.6 Å². The summed E-state index contributed by atoms with van der Waals surface area (Å²) in [7, 11) is 0. The molecule has 0 spiro atoms. The zero-order chi connectivity index (χ0) is 50.9. The summed E-state index contributed by atoms with van der Waals surface area (Å²) >= 11 is 0. The molecule has 7 rings (SSSR count). The normalized spacial score (nSPS) is 22.3. The lowest BCUT2D eigenvalue weighted by Crippen LogP contribution is -2.70. The number of aliphatic hydroxyl groups excluding tert-OH is 2. The van der Waals surface area contributed by atoms with Crippen LogP contribution in [0, 0.1) is 23.6 Å². The van der Waals surface area contributed by atoms with E-state index in [0.29, 0.717) is 47.1 Å². The van der Waals surface area contributed by atoms with E-state index in [1.807, 2.05) is 57.2 Å². The van der Waals surface area contributed by atoms with Crippen LogP contribution in [0.25, 0.3) is 0 Å². The van der Waals surface area contributed by atoms with Gasteiger partial charge in [-0.25, -0.2) is 9.18 Å². The van der Waals surface area contributed by atoms with Crippen molar-refractivity contribution in [2.75, 3.05) is 33.2 Å². The molecular formula is C59H81FN2O10. The number of carbonyl (C=O) groups is 1. The minimum atomic E-state index is -1.51. The van der Waals surface area contributed by atoms with Crippen molar-refractivity contribution >= 4 is 11.8 Å². The van der Waals surface area contributed by atoms with E-state index in [9.17, 15) is 14.6 Å². The van der Waals surface area contributed by atoms with Crippen LogP contribution in [-0.2, 0) is 27.5 Å². The summed E-state index contributed by atoms with van der Waals surface area (Å²) in [6, 6.07) is 17.3. The van der Waals surface area contributed by atoms with Gasteiger partial charge in [-0.1, -0.05) is 119 Å². The summed E-state index contributed by atoms with van der Waals surface area (Å²) in [6.07, 6.45) is 19.7. The Morgan fingerprint density at radius 1 is 0.875 bits per heavy atom. The van der Waals surface area contributed by atoms with Crippen molar-refractivity contribution in [3.63, 3.8) is 0 Å². The van der Waals surface area contributed by atoms with Gasteiger partial charge in [-0.15, -0.1) is 6.58 Å². The average Bonchev–Trinajstić information content (AvgIpc) is 3.85. The van der Waals surface area contributed by atoms with Gasteiger partial charge in [-0.2, -0.15) is 0 Å². The number of benzene rings is 3. The first kappa shape index (κ1) is 54.7. The molecule has 3 aromatic carbocycles. The Morgan fingerprint density at radius 3 is 2.31 bits per heavy atom. The molecular weight excluding hydrogens is 916 g/mol. The van der Waals surface area contributed by atoms with E-state index < -0.39 is 29.4 Å². The van der Waals surface area contributed by atoms with Crippen molar-refractivity contribution in [2.45, 2.75) is 173 Å². The third kappa shape index (κ3) is 13.9. The maximum atomic E-state index is 15.2. The number of ether oxygens (including phenoxy) is 6. The molecule has 2 N–H and O–H groups in total. The van der Waals surface area contributed by atoms with Gasteiger partial charge in [0.1, 0.15) is 35.6 Å². The number of aliphatic hydroxyl groups is 2. The Kier molecular flexibility index (Phi) is 20.3. The molecule has 2 aliphatic carbocycles. The van der Waals surface area contributed by atoms with Crippen LogP contribution in [0.15, 0.2) is 90.1 Å². The highest BCUT2D eigenvalue weighted by Crippen LogP contribution is 2.62. The van der Waals surface area contributed by atoms with Gasteiger partial charge in [-0.3, -0.25) is 4.90 Å². The van der Waals surface area contributed by atoms with E-state index in [1.54, 1.807) is 29.2 Å². The maximum absolute atomic E-state index is 15.2. The smallest absolute Gasteiger partial charge is 0.410 e. The van der Waals surface area contributed by atoms with Crippen LogP contribution in [0.3, 0.4) is 0 Å². The Bertz CT molecular complexity index is 2280. The topological polar surface area (TPSA) is 138 Å². The van der Waals surface area contributed by atoms with Crippen LogP contribution in [0.4, 0.5) is 9.18 Å². The molecule has 1 amide bonds. The van der Waals surface area contributed by atoms with Crippen molar-refractivity contribution in [3.8, 4) is 23.0 Å². The second-order valence-electron chi connectivity index (χ2n) is 21.0. The molecule has 4 aliphatic rings. The highest BCUT2D eigenvalue weighted by atomic mass is 19.1.